The fourth-order valence-electron chi connectivity index (χ4n) is 6.48. The largest absolute Gasteiger partial charge is 0.464 e. The molecule has 9 nitrogen and oxygen atoms in total. The maximum absolute atomic E-state index is 14.3. The summed E-state index contributed by atoms with van der Waals surface area (Å²) in [5.41, 5.74) is 4.92. The van der Waals surface area contributed by atoms with Gasteiger partial charge in [0.1, 0.15) is 22.7 Å². The van der Waals surface area contributed by atoms with Gasteiger partial charge in [-0.3, -0.25) is 4.79 Å². The fourth-order valence-corrected chi connectivity index (χ4v) is 6.48. The van der Waals surface area contributed by atoms with Crippen LogP contribution >= 0.6 is 0 Å². The molecule has 0 aliphatic carbocycles. The van der Waals surface area contributed by atoms with Crippen LogP contribution in [0.1, 0.15) is 70.9 Å². The van der Waals surface area contributed by atoms with Gasteiger partial charge in [-0.15, -0.1) is 0 Å². The Kier molecular flexibility index (Phi) is 7.63. The van der Waals surface area contributed by atoms with Gasteiger partial charge in [-0.2, -0.15) is 5.10 Å². The normalized spacial score (nSPS) is 14.3. The van der Waals surface area contributed by atoms with Gasteiger partial charge >= 0.3 is 5.97 Å². The minimum absolute atomic E-state index is 0.226. The number of carbonyl (C=O) groups is 2. The number of carbonyl (C=O) groups excluding carboxylic acids is 2. The Morgan fingerprint density at radius 1 is 0.864 bits per heavy atom. The van der Waals surface area contributed by atoms with Gasteiger partial charge < -0.3 is 24.3 Å². The van der Waals surface area contributed by atoms with Gasteiger partial charge in [0.2, 0.25) is 0 Å². The van der Waals surface area contributed by atoms with Gasteiger partial charge in [0, 0.05) is 71.9 Å². The molecule has 0 radical (unpaired) electrons. The van der Waals surface area contributed by atoms with E-state index in [9.17, 15) is 9.59 Å². The summed E-state index contributed by atoms with van der Waals surface area (Å²) in [5.74, 6) is 0.648. The van der Waals surface area contributed by atoms with Crippen molar-refractivity contribution in [3.05, 3.63) is 106 Å². The number of fused-ring (bicyclic) bond motifs is 6. The van der Waals surface area contributed by atoms with Gasteiger partial charge in [0.05, 0.1) is 19.0 Å². The third kappa shape index (κ3) is 4.42. The summed E-state index contributed by atoms with van der Waals surface area (Å²) in [7, 11) is 1.33. The second-order valence-corrected chi connectivity index (χ2v) is 10.7. The number of amides is 1. The molecule has 2 aliphatic rings. The lowest BCUT2D eigenvalue weighted by atomic mass is 9.75. The molecule has 0 saturated heterocycles. The summed E-state index contributed by atoms with van der Waals surface area (Å²) >= 11 is 0. The van der Waals surface area contributed by atoms with Crippen LogP contribution in [0.5, 0.6) is 11.5 Å². The third-order valence-electron chi connectivity index (χ3n) is 8.67. The average Bonchev–Trinajstić information content (AvgIpc) is 3.62. The molecular formula is C35H37N5O4. The quantitative estimate of drug-likeness (QED) is 0.179. The highest BCUT2D eigenvalue weighted by Crippen LogP contribution is 2.58. The number of benzene rings is 3. The number of hydrazone groups is 1. The number of anilines is 2. The first-order valence-electron chi connectivity index (χ1n) is 15.1. The molecule has 3 aromatic carbocycles. The van der Waals surface area contributed by atoms with Crippen molar-refractivity contribution in [1.29, 1.82) is 0 Å². The van der Waals surface area contributed by atoms with Gasteiger partial charge in [0.25, 0.3) is 5.91 Å². The lowest BCUT2D eigenvalue weighted by Gasteiger charge is -2.42. The van der Waals surface area contributed by atoms with Crippen LogP contribution in [0, 0.1) is 0 Å². The Morgan fingerprint density at radius 2 is 1.45 bits per heavy atom. The topological polar surface area (TPSA) is 90.5 Å². The zero-order valence-electron chi connectivity index (χ0n) is 25.8. The van der Waals surface area contributed by atoms with Crippen molar-refractivity contribution < 1.29 is 19.1 Å². The Bertz CT molecular complexity index is 1690. The fraction of sp³-hybridized carbons (Fsp3) is 0.286. The van der Waals surface area contributed by atoms with E-state index in [1.54, 1.807) is 23.4 Å². The van der Waals surface area contributed by atoms with E-state index >= 15 is 0 Å². The molecule has 1 N–H and O–H groups in total. The molecule has 9 heteroatoms. The number of aromatic nitrogens is 1. The number of nitrogens with zero attached hydrogens (tertiary/aromatic N) is 4. The van der Waals surface area contributed by atoms with E-state index in [-0.39, 0.29) is 5.91 Å². The van der Waals surface area contributed by atoms with Crippen molar-refractivity contribution in [1.82, 2.24) is 9.99 Å². The van der Waals surface area contributed by atoms with E-state index in [2.05, 4.69) is 78.9 Å². The molecule has 44 heavy (non-hydrogen) atoms. The second kappa shape index (κ2) is 11.6. The smallest absolute Gasteiger partial charge is 0.354 e. The summed E-state index contributed by atoms with van der Waals surface area (Å²) in [6.07, 6.45) is 1.57. The number of ether oxygens (including phenoxy) is 2. The van der Waals surface area contributed by atoms with Crippen LogP contribution in [0.3, 0.4) is 0 Å². The van der Waals surface area contributed by atoms with Crippen molar-refractivity contribution in [2.75, 3.05) is 43.1 Å². The van der Waals surface area contributed by atoms with E-state index < -0.39 is 11.5 Å². The van der Waals surface area contributed by atoms with Crippen LogP contribution in [-0.2, 0) is 10.3 Å². The summed E-state index contributed by atoms with van der Waals surface area (Å²) < 4.78 is 11.6. The van der Waals surface area contributed by atoms with Gasteiger partial charge in [-0.1, -0.05) is 30.3 Å². The monoisotopic (exact) mass is 591 g/mol. The summed E-state index contributed by atoms with van der Waals surface area (Å²) in [5, 5.41) is 6.40. The molecule has 1 amide bonds. The van der Waals surface area contributed by atoms with E-state index in [1.165, 1.54) is 7.11 Å². The predicted molar refractivity (Wildman–Crippen MR) is 172 cm³/mol. The molecule has 3 heterocycles. The van der Waals surface area contributed by atoms with Gasteiger partial charge in [0.15, 0.2) is 0 Å². The molecular weight excluding hydrogens is 554 g/mol. The predicted octanol–water partition coefficient (Wildman–Crippen LogP) is 6.38. The number of hydrogen-bond donors (Lipinski definition) is 1. The van der Waals surface area contributed by atoms with Crippen molar-refractivity contribution in [3.8, 4) is 11.5 Å². The van der Waals surface area contributed by atoms with Crippen molar-refractivity contribution >= 4 is 29.5 Å². The Balaban J connectivity index is 1.60. The average molecular weight is 592 g/mol. The SMILES string of the molecule is CCN(CC)c1ccc2c(c1)Oc1cc(N(CC)CC)ccc1C21c2ccccc2C(=O)N1/N=C/c1ccc(C(=O)OC)[nH]1. The van der Waals surface area contributed by atoms with Crippen molar-refractivity contribution in [2.24, 2.45) is 5.10 Å². The number of nitrogens with one attached hydrogen (secondary N) is 1. The lowest BCUT2D eigenvalue weighted by molar-refractivity contribution is 0.0593. The van der Waals surface area contributed by atoms with E-state index in [0.29, 0.717) is 28.5 Å². The number of esters is 1. The van der Waals surface area contributed by atoms with Crippen LogP contribution in [0.25, 0.3) is 0 Å². The Hall–Kier alpha value is -5.05. The molecule has 0 bridgehead atoms. The summed E-state index contributed by atoms with van der Waals surface area (Å²) in [6.45, 7) is 11.9. The number of rotatable bonds is 9. The van der Waals surface area contributed by atoms with Crippen LogP contribution in [0.15, 0.2) is 77.9 Å². The number of methoxy groups -OCH3 is 1. The molecule has 0 unspecified atom stereocenters. The molecule has 4 aromatic rings. The third-order valence-corrected chi connectivity index (χ3v) is 8.67. The maximum atomic E-state index is 14.3. The van der Waals surface area contributed by atoms with Crippen LogP contribution in [0.2, 0.25) is 0 Å². The molecule has 0 atom stereocenters. The van der Waals surface area contributed by atoms with Gasteiger partial charge in [-0.25, -0.2) is 9.80 Å². The van der Waals surface area contributed by atoms with Crippen molar-refractivity contribution in [3.63, 3.8) is 0 Å². The van der Waals surface area contributed by atoms with Crippen LogP contribution < -0.4 is 14.5 Å². The minimum atomic E-state index is -1.09. The lowest BCUT2D eigenvalue weighted by Crippen LogP contribution is -2.44. The zero-order chi connectivity index (χ0) is 31.0. The Morgan fingerprint density at radius 3 is 2.02 bits per heavy atom. The van der Waals surface area contributed by atoms with Crippen molar-refractivity contribution in [2.45, 2.75) is 33.2 Å². The first kappa shape index (κ1) is 29.0. The Labute approximate surface area is 257 Å². The molecule has 226 valence electrons. The second-order valence-electron chi connectivity index (χ2n) is 10.7. The number of hydrogen-bond acceptors (Lipinski definition) is 7. The first-order valence-corrected chi connectivity index (χ1v) is 15.1. The molecule has 1 aromatic heterocycles. The molecule has 0 fully saturated rings. The molecule has 1 spiro atoms. The van der Waals surface area contributed by atoms with Gasteiger partial charge in [-0.05, 0) is 58.0 Å². The molecule has 2 aliphatic heterocycles. The minimum Gasteiger partial charge on any atom is -0.464 e. The molecule has 0 saturated carbocycles. The number of H-pyrrole nitrogens is 1. The summed E-state index contributed by atoms with van der Waals surface area (Å²) in [6, 6.07) is 23.5. The standard InChI is InChI=1S/C35H37N5O4/c1-6-38(7-2)24-15-17-28-31(20-24)44-32-21-25(39(8-3)9-4)16-18-29(32)35(28)27-13-11-10-12-26(27)33(41)40(35)36-22-23-14-19-30(37-23)34(42)43-5/h10-22,37H,6-9H2,1-5H3/b36-22+. The zero-order valence-corrected chi connectivity index (χ0v) is 25.8. The first-order chi connectivity index (χ1) is 21.4. The van der Waals surface area contributed by atoms with Crippen LogP contribution in [0.4, 0.5) is 11.4 Å². The van der Waals surface area contributed by atoms with Crippen LogP contribution in [-0.4, -0.2) is 61.4 Å². The molecule has 6 rings (SSSR count). The van der Waals surface area contributed by atoms with E-state index in [0.717, 1.165) is 54.2 Å². The maximum Gasteiger partial charge on any atom is 0.354 e. The highest BCUT2D eigenvalue weighted by atomic mass is 16.5. The van der Waals surface area contributed by atoms with E-state index in [1.807, 2.05) is 24.3 Å². The number of aromatic amines is 1. The highest BCUT2D eigenvalue weighted by molar-refractivity contribution is 6.03. The highest BCUT2D eigenvalue weighted by Gasteiger charge is 2.57. The van der Waals surface area contributed by atoms with E-state index in [4.69, 9.17) is 14.6 Å². The summed E-state index contributed by atoms with van der Waals surface area (Å²) in [4.78, 5) is 33.9.